The van der Waals surface area contributed by atoms with Crippen molar-refractivity contribution in [3.8, 4) is 22.3 Å². The summed E-state index contributed by atoms with van der Waals surface area (Å²) in [6, 6.07) is 11.8. The van der Waals surface area contributed by atoms with Gasteiger partial charge in [0.25, 0.3) is 0 Å². The van der Waals surface area contributed by atoms with Crippen LogP contribution in [0.4, 0.5) is 0 Å². The fourth-order valence-corrected chi connectivity index (χ4v) is 3.77. The highest BCUT2D eigenvalue weighted by atomic mass is 35.5. The summed E-state index contributed by atoms with van der Waals surface area (Å²) in [5, 5.41) is 4.88. The SMILES string of the molecule is Cn1cc(-c2cccc(-c3ccc4[nH]c(=O)sc4c3)c2Cl)cn1. The molecule has 2 aromatic heterocycles. The number of rotatable bonds is 2. The van der Waals surface area contributed by atoms with Gasteiger partial charge in [0.1, 0.15) is 0 Å². The van der Waals surface area contributed by atoms with Gasteiger partial charge in [-0.15, -0.1) is 0 Å². The van der Waals surface area contributed by atoms with Gasteiger partial charge in [-0.1, -0.05) is 47.2 Å². The van der Waals surface area contributed by atoms with Crippen LogP contribution in [0.15, 0.2) is 53.6 Å². The summed E-state index contributed by atoms with van der Waals surface area (Å²) in [5.74, 6) is 0. The monoisotopic (exact) mass is 341 g/mol. The molecule has 23 heavy (non-hydrogen) atoms. The van der Waals surface area contributed by atoms with E-state index in [9.17, 15) is 4.79 Å². The molecule has 0 spiro atoms. The topological polar surface area (TPSA) is 50.7 Å². The Bertz CT molecular complexity index is 1080. The van der Waals surface area contributed by atoms with Gasteiger partial charge in [0.2, 0.25) is 0 Å². The highest BCUT2D eigenvalue weighted by Crippen LogP contribution is 2.37. The molecule has 4 rings (SSSR count). The first kappa shape index (κ1) is 14.2. The number of aryl methyl sites for hydroxylation is 1. The molecule has 2 heterocycles. The van der Waals surface area contributed by atoms with Gasteiger partial charge in [0.15, 0.2) is 0 Å². The van der Waals surface area contributed by atoms with Crippen molar-refractivity contribution in [3.05, 3.63) is 63.5 Å². The van der Waals surface area contributed by atoms with Crippen LogP contribution in [0.2, 0.25) is 5.02 Å². The van der Waals surface area contributed by atoms with Crippen molar-refractivity contribution >= 4 is 33.2 Å². The number of hydrogen-bond donors (Lipinski definition) is 1. The standard InChI is InChI=1S/C17H12ClN3OS/c1-21-9-11(8-19-21)13-4-2-3-12(16(13)18)10-5-6-14-15(7-10)23-17(22)20-14/h2-9H,1H3,(H,20,22). The number of halogens is 1. The number of aromatic nitrogens is 3. The van der Waals surface area contributed by atoms with Crippen LogP contribution in [0.5, 0.6) is 0 Å². The van der Waals surface area contributed by atoms with Crippen LogP contribution in [0, 0.1) is 0 Å². The summed E-state index contributed by atoms with van der Waals surface area (Å²) in [6.07, 6.45) is 3.73. The normalized spacial score (nSPS) is 11.2. The predicted molar refractivity (Wildman–Crippen MR) is 95.1 cm³/mol. The zero-order valence-corrected chi connectivity index (χ0v) is 13.8. The van der Waals surface area contributed by atoms with Gasteiger partial charge >= 0.3 is 4.87 Å². The number of thiazole rings is 1. The smallest absolute Gasteiger partial charge is 0.305 e. The van der Waals surface area contributed by atoms with E-state index < -0.39 is 0 Å². The zero-order chi connectivity index (χ0) is 16.0. The molecule has 0 amide bonds. The molecule has 0 bridgehead atoms. The molecule has 0 saturated heterocycles. The van der Waals surface area contributed by atoms with Gasteiger partial charge in [-0.3, -0.25) is 9.48 Å². The van der Waals surface area contributed by atoms with E-state index in [1.54, 1.807) is 10.9 Å². The number of benzene rings is 2. The second-order valence-electron chi connectivity index (χ2n) is 5.30. The maximum atomic E-state index is 11.5. The quantitative estimate of drug-likeness (QED) is 0.590. The molecule has 4 aromatic rings. The van der Waals surface area contributed by atoms with E-state index in [0.29, 0.717) is 5.02 Å². The Morgan fingerprint density at radius 3 is 2.70 bits per heavy atom. The first-order valence-corrected chi connectivity index (χ1v) is 8.22. The summed E-state index contributed by atoms with van der Waals surface area (Å²) < 4.78 is 2.68. The molecule has 0 radical (unpaired) electrons. The minimum Gasteiger partial charge on any atom is -0.312 e. The van der Waals surface area contributed by atoms with E-state index >= 15 is 0 Å². The Kier molecular flexibility index (Phi) is 3.32. The van der Waals surface area contributed by atoms with Crippen molar-refractivity contribution in [3.63, 3.8) is 0 Å². The van der Waals surface area contributed by atoms with Crippen molar-refractivity contribution in [2.24, 2.45) is 7.05 Å². The molecule has 0 atom stereocenters. The summed E-state index contributed by atoms with van der Waals surface area (Å²) in [5.41, 5.74) is 4.70. The molecular weight excluding hydrogens is 330 g/mol. The maximum absolute atomic E-state index is 11.5. The van der Waals surface area contributed by atoms with E-state index in [1.165, 1.54) is 11.3 Å². The van der Waals surface area contributed by atoms with E-state index in [-0.39, 0.29) is 4.87 Å². The van der Waals surface area contributed by atoms with Crippen LogP contribution in [-0.4, -0.2) is 14.8 Å². The van der Waals surface area contributed by atoms with Crippen LogP contribution in [0.25, 0.3) is 32.5 Å². The summed E-state index contributed by atoms with van der Waals surface area (Å²) >= 11 is 7.84. The molecule has 1 N–H and O–H groups in total. The number of H-pyrrole nitrogens is 1. The molecule has 6 heteroatoms. The van der Waals surface area contributed by atoms with Gasteiger partial charge in [-0.2, -0.15) is 5.10 Å². The Labute approximate surface area is 141 Å². The lowest BCUT2D eigenvalue weighted by molar-refractivity contribution is 0.768. The van der Waals surface area contributed by atoms with E-state index in [1.807, 2.05) is 49.6 Å². The van der Waals surface area contributed by atoms with Gasteiger partial charge in [0.05, 0.1) is 21.4 Å². The molecule has 2 aromatic carbocycles. The lowest BCUT2D eigenvalue weighted by Crippen LogP contribution is -1.89. The summed E-state index contributed by atoms with van der Waals surface area (Å²) in [7, 11) is 1.88. The van der Waals surface area contributed by atoms with Crippen molar-refractivity contribution in [1.82, 2.24) is 14.8 Å². The third-order valence-electron chi connectivity index (χ3n) is 3.75. The van der Waals surface area contributed by atoms with Gasteiger partial charge in [-0.05, 0) is 17.7 Å². The molecule has 0 fully saturated rings. The molecule has 0 saturated carbocycles. The van der Waals surface area contributed by atoms with Gasteiger partial charge in [0, 0.05) is 29.9 Å². The number of nitrogens with zero attached hydrogens (tertiary/aromatic N) is 2. The number of fused-ring (bicyclic) bond motifs is 1. The highest BCUT2D eigenvalue weighted by Gasteiger charge is 2.12. The summed E-state index contributed by atoms with van der Waals surface area (Å²) in [4.78, 5) is 14.2. The fourth-order valence-electron chi connectivity index (χ4n) is 2.65. The Balaban J connectivity index is 1.89. The largest absolute Gasteiger partial charge is 0.312 e. The molecule has 0 aliphatic heterocycles. The number of aromatic amines is 1. The maximum Gasteiger partial charge on any atom is 0.305 e. The molecule has 0 aliphatic carbocycles. The Morgan fingerprint density at radius 1 is 1.17 bits per heavy atom. The van der Waals surface area contributed by atoms with Gasteiger partial charge < -0.3 is 4.98 Å². The van der Waals surface area contributed by atoms with E-state index in [2.05, 4.69) is 10.1 Å². The van der Waals surface area contributed by atoms with Crippen molar-refractivity contribution < 1.29 is 0 Å². The Hall–Kier alpha value is -2.37. The van der Waals surface area contributed by atoms with Crippen LogP contribution in [0.1, 0.15) is 0 Å². The third-order valence-corrected chi connectivity index (χ3v) is 5.00. The van der Waals surface area contributed by atoms with Crippen molar-refractivity contribution in [2.45, 2.75) is 0 Å². The molecule has 0 unspecified atom stereocenters. The van der Waals surface area contributed by atoms with Crippen molar-refractivity contribution in [1.29, 1.82) is 0 Å². The molecule has 4 nitrogen and oxygen atoms in total. The first-order valence-electron chi connectivity index (χ1n) is 7.02. The second-order valence-corrected chi connectivity index (χ2v) is 6.69. The lowest BCUT2D eigenvalue weighted by atomic mass is 10.0. The van der Waals surface area contributed by atoms with Gasteiger partial charge in [-0.25, -0.2) is 0 Å². The van der Waals surface area contributed by atoms with Crippen LogP contribution >= 0.6 is 22.9 Å². The number of hydrogen-bond acceptors (Lipinski definition) is 3. The average molecular weight is 342 g/mol. The van der Waals surface area contributed by atoms with Crippen LogP contribution in [0.3, 0.4) is 0 Å². The Morgan fingerprint density at radius 2 is 1.96 bits per heavy atom. The fraction of sp³-hybridized carbons (Fsp3) is 0.0588. The minimum atomic E-state index is -0.0487. The predicted octanol–water partition coefficient (Wildman–Crippen LogP) is 4.31. The highest BCUT2D eigenvalue weighted by molar-refractivity contribution is 7.16. The van der Waals surface area contributed by atoms with Crippen molar-refractivity contribution in [2.75, 3.05) is 0 Å². The molecule has 0 aliphatic rings. The lowest BCUT2D eigenvalue weighted by Gasteiger charge is -2.09. The zero-order valence-electron chi connectivity index (χ0n) is 12.2. The molecule has 114 valence electrons. The molecular formula is C17H12ClN3OS. The first-order chi connectivity index (χ1) is 11.1. The number of nitrogens with one attached hydrogen (secondary N) is 1. The summed E-state index contributed by atoms with van der Waals surface area (Å²) in [6.45, 7) is 0. The minimum absolute atomic E-state index is 0.0487. The third kappa shape index (κ3) is 2.48. The van der Waals surface area contributed by atoms with Crippen LogP contribution < -0.4 is 4.87 Å². The van der Waals surface area contributed by atoms with E-state index in [4.69, 9.17) is 11.6 Å². The average Bonchev–Trinajstić information content (AvgIpc) is 3.11. The van der Waals surface area contributed by atoms with E-state index in [0.717, 1.165) is 32.5 Å². The van der Waals surface area contributed by atoms with Crippen LogP contribution in [-0.2, 0) is 7.05 Å². The second kappa shape index (κ2) is 5.37.